The Morgan fingerprint density at radius 2 is 1.95 bits per heavy atom. The van der Waals surface area contributed by atoms with Gasteiger partial charge in [-0.25, -0.2) is 0 Å². The molecule has 1 N–H and O–H groups in total. The number of ether oxygens (including phenoxy) is 1. The van der Waals surface area contributed by atoms with Gasteiger partial charge in [0.2, 0.25) is 0 Å². The highest BCUT2D eigenvalue weighted by molar-refractivity contribution is 9.10. The van der Waals surface area contributed by atoms with Gasteiger partial charge in [-0.1, -0.05) is 18.2 Å². The molecule has 2 aromatic carbocycles. The number of hydrogen-bond acceptors (Lipinski definition) is 2. The summed E-state index contributed by atoms with van der Waals surface area (Å²) in [7, 11) is 1.72. The number of methoxy groups -OCH3 is 1. The highest BCUT2D eigenvalue weighted by Gasteiger charge is 2.30. The highest BCUT2D eigenvalue weighted by Crippen LogP contribution is 2.40. The fraction of sp³-hybridized carbons (Fsp3) is 0.333. The van der Waals surface area contributed by atoms with E-state index in [1.165, 1.54) is 29.7 Å². The Bertz CT molecular complexity index is 635. The van der Waals surface area contributed by atoms with Gasteiger partial charge in [0.05, 0.1) is 7.11 Å². The van der Waals surface area contributed by atoms with E-state index in [2.05, 4.69) is 64.6 Å². The van der Waals surface area contributed by atoms with Gasteiger partial charge in [0, 0.05) is 16.2 Å². The number of benzene rings is 2. The number of anilines is 1. The van der Waals surface area contributed by atoms with E-state index in [1.807, 2.05) is 6.07 Å². The summed E-state index contributed by atoms with van der Waals surface area (Å²) < 4.78 is 6.45. The largest absolute Gasteiger partial charge is 0.497 e. The molecular formula is C18H20BrNO. The van der Waals surface area contributed by atoms with E-state index in [0.717, 1.165) is 10.2 Å². The first kappa shape index (κ1) is 14.5. The first-order valence-corrected chi connectivity index (χ1v) is 8.11. The van der Waals surface area contributed by atoms with Crippen LogP contribution >= 0.6 is 15.9 Å². The van der Waals surface area contributed by atoms with Gasteiger partial charge in [-0.05, 0) is 77.0 Å². The second kappa shape index (κ2) is 6.10. The van der Waals surface area contributed by atoms with E-state index in [1.54, 1.807) is 7.11 Å². The lowest BCUT2D eigenvalue weighted by Gasteiger charge is -2.37. The number of rotatable bonds is 4. The standard InChI is InChI=1S/C18H20BrNO/c1-12-6-7-18(17(19)8-12)20-15-9-14(10-15)13-4-3-5-16(11-13)21-2/h3-8,11,14-15,20H,9-10H2,1-2H3. The van der Waals surface area contributed by atoms with Crippen LogP contribution in [0.5, 0.6) is 5.75 Å². The monoisotopic (exact) mass is 345 g/mol. The maximum Gasteiger partial charge on any atom is 0.119 e. The van der Waals surface area contributed by atoms with Crippen molar-refractivity contribution in [3.63, 3.8) is 0 Å². The van der Waals surface area contributed by atoms with E-state index >= 15 is 0 Å². The maximum absolute atomic E-state index is 5.30. The van der Waals surface area contributed by atoms with Gasteiger partial charge in [-0.3, -0.25) is 0 Å². The molecule has 0 aromatic heterocycles. The smallest absolute Gasteiger partial charge is 0.119 e. The molecule has 0 unspecified atom stereocenters. The summed E-state index contributed by atoms with van der Waals surface area (Å²) in [5, 5.41) is 3.62. The first-order valence-electron chi connectivity index (χ1n) is 7.32. The topological polar surface area (TPSA) is 21.3 Å². The van der Waals surface area contributed by atoms with Gasteiger partial charge in [-0.2, -0.15) is 0 Å². The Labute approximate surface area is 134 Å². The summed E-state index contributed by atoms with van der Waals surface area (Å²) in [6.07, 6.45) is 2.35. The van der Waals surface area contributed by atoms with Crippen molar-refractivity contribution in [2.75, 3.05) is 12.4 Å². The van der Waals surface area contributed by atoms with Crippen LogP contribution in [0.2, 0.25) is 0 Å². The molecule has 0 amide bonds. The molecule has 21 heavy (non-hydrogen) atoms. The van der Waals surface area contributed by atoms with E-state index < -0.39 is 0 Å². The molecule has 0 bridgehead atoms. The Hall–Kier alpha value is -1.48. The lowest BCUT2D eigenvalue weighted by atomic mass is 9.75. The molecule has 1 aliphatic rings. The second-order valence-electron chi connectivity index (χ2n) is 5.77. The van der Waals surface area contributed by atoms with Crippen molar-refractivity contribution in [1.29, 1.82) is 0 Å². The van der Waals surface area contributed by atoms with E-state index in [0.29, 0.717) is 12.0 Å². The van der Waals surface area contributed by atoms with Crippen molar-refractivity contribution in [2.45, 2.75) is 31.7 Å². The summed E-state index contributed by atoms with van der Waals surface area (Å²) in [5.74, 6) is 1.59. The van der Waals surface area contributed by atoms with Crippen LogP contribution in [0.15, 0.2) is 46.9 Å². The fourth-order valence-corrected chi connectivity index (χ4v) is 3.47. The van der Waals surface area contributed by atoms with Crippen molar-refractivity contribution in [1.82, 2.24) is 0 Å². The molecular weight excluding hydrogens is 326 g/mol. The molecule has 0 heterocycles. The summed E-state index contributed by atoms with van der Waals surface area (Å²) in [6.45, 7) is 2.11. The van der Waals surface area contributed by atoms with E-state index in [9.17, 15) is 0 Å². The lowest BCUT2D eigenvalue weighted by molar-refractivity contribution is 0.370. The van der Waals surface area contributed by atoms with Gasteiger partial charge in [0.25, 0.3) is 0 Å². The zero-order chi connectivity index (χ0) is 14.8. The van der Waals surface area contributed by atoms with E-state index in [-0.39, 0.29) is 0 Å². The molecule has 0 atom stereocenters. The molecule has 2 nitrogen and oxygen atoms in total. The van der Waals surface area contributed by atoms with Crippen LogP contribution in [0.25, 0.3) is 0 Å². The lowest BCUT2D eigenvalue weighted by Crippen LogP contribution is -2.34. The minimum Gasteiger partial charge on any atom is -0.497 e. The predicted molar refractivity (Wildman–Crippen MR) is 91.3 cm³/mol. The van der Waals surface area contributed by atoms with Crippen molar-refractivity contribution < 1.29 is 4.74 Å². The Kier molecular flexibility index (Phi) is 4.20. The molecule has 0 spiro atoms. The summed E-state index contributed by atoms with van der Waals surface area (Å²) in [5.41, 5.74) is 3.85. The van der Waals surface area contributed by atoms with Crippen molar-refractivity contribution in [3.8, 4) is 5.75 Å². The minimum atomic E-state index is 0.556. The molecule has 1 fully saturated rings. The number of aryl methyl sites for hydroxylation is 1. The zero-order valence-corrected chi connectivity index (χ0v) is 14.0. The molecule has 0 radical (unpaired) electrons. The molecule has 1 aliphatic carbocycles. The molecule has 2 aromatic rings. The van der Waals surface area contributed by atoms with Crippen LogP contribution < -0.4 is 10.1 Å². The fourth-order valence-electron chi connectivity index (χ4n) is 2.86. The molecule has 3 rings (SSSR count). The van der Waals surface area contributed by atoms with Crippen LogP contribution in [0.4, 0.5) is 5.69 Å². The van der Waals surface area contributed by atoms with Crippen LogP contribution in [-0.2, 0) is 0 Å². The molecule has 1 saturated carbocycles. The highest BCUT2D eigenvalue weighted by atomic mass is 79.9. The predicted octanol–water partition coefficient (Wildman–Crippen LogP) is 5.12. The third-order valence-electron chi connectivity index (χ3n) is 4.19. The van der Waals surface area contributed by atoms with Crippen LogP contribution in [0.3, 0.4) is 0 Å². The Morgan fingerprint density at radius 1 is 1.14 bits per heavy atom. The third-order valence-corrected chi connectivity index (χ3v) is 4.84. The molecule has 0 aliphatic heterocycles. The minimum absolute atomic E-state index is 0.556. The van der Waals surface area contributed by atoms with Crippen LogP contribution in [0.1, 0.15) is 29.9 Å². The molecule has 110 valence electrons. The van der Waals surface area contributed by atoms with Crippen molar-refractivity contribution in [3.05, 3.63) is 58.1 Å². The first-order chi connectivity index (χ1) is 10.2. The van der Waals surface area contributed by atoms with Crippen LogP contribution in [-0.4, -0.2) is 13.2 Å². The van der Waals surface area contributed by atoms with Gasteiger partial charge in [0.15, 0.2) is 0 Å². The zero-order valence-electron chi connectivity index (χ0n) is 12.4. The maximum atomic E-state index is 5.30. The van der Waals surface area contributed by atoms with Crippen molar-refractivity contribution in [2.24, 2.45) is 0 Å². The Balaban J connectivity index is 1.60. The van der Waals surface area contributed by atoms with Gasteiger partial charge >= 0.3 is 0 Å². The van der Waals surface area contributed by atoms with Gasteiger partial charge < -0.3 is 10.1 Å². The quantitative estimate of drug-likeness (QED) is 0.829. The van der Waals surface area contributed by atoms with Crippen LogP contribution in [0, 0.1) is 6.92 Å². The van der Waals surface area contributed by atoms with Gasteiger partial charge in [0.1, 0.15) is 5.75 Å². The average molecular weight is 346 g/mol. The number of halogens is 1. The van der Waals surface area contributed by atoms with E-state index in [4.69, 9.17) is 4.74 Å². The molecule has 3 heteroatoms. The number of nitrogens with one attached hydrogen (secondary N) is 1. The summed E-state index contributed by atoms with van der Waals surface area (Å²) in [4.78, 5) is 0. The normalized spacial score (nSPS) is 20.7. The summed E-state index contributed by atoms with van der Waals surface area (Å²) >= 11 is 3.63. The second-order valence-corrected chi connectivity index (χ2v) is 6.62. The summed E-state index contributed by atoms with van der Waals surface area (Å²) in [6, 6.07) is 15.4. The van der Waals surface area contributed by atoms with Crippen molar-refractivity contribution >= 4 is 21.6 Å². The SMILES string of the molecule is COc1cccc(C2CC(Nc3ccc(C)cc3Br)C2)c1. The molecule has 0 saturated heterocycles. The average Bonchev–Trinajstić information content (AvgIpc) is 2.44. The van der Waals surface area contributed by atoms with Gasteiger partial charge in [-0.15, -0.1) is 0 Å². The third kappa shape index (κ3) is 3.24. The Morgan fingerprint density at radius 3 is 2.67 bits per heavy atom. The number of hydrogen-bond donors (Lipinski definition) is 1.